The molecule has 0 amide bonds. The SMILES string of the molecule is O=C(O)C(F)(Cc1ccccc1)Oc1ccccc1. The molecule has 0 aliphatic rings. The molecule has 4 heteroatoms. The van der Waals surface area contributed by atoms with Crippen LogP contribution in [-0.2, 0) is 11.2 Å². The molecule has 0 heterocycles. The Morgan fingerprint density at radius 3 is 2.11 bits per heavy atom. The van der Waals surface area contributed by atoms with Crippen LogP contribution in [0.15, 0.2) is 60.7 Å². The predicted octanol–water partition coefficient (Wildman–Crippen LogP) is 3.06. The first-order valence-corrected chi connectivity index (χ1v) is 5.80. The van der Waals surface area contributed by atoms with Crippen molar-refractivity contribution in [2.45, 2.75) is 12.3 Å². The molecule has 1 N–H and O–H groups in total. The Balaban J connectivity index is 2.21. The van der Waals surface area contributed by atoms with E-state index < -0.39 is 11.8 Å². The maximum Gasteiger partial charge on any atom is 0.382 e. The average molecular weight is 260 g/mol. The first kappa shape index (κ1) is 13.1. The van der Waals surface area contributed by atoms with Crippen molar-refractivity contribution in [3.8, 4) is 5.75 Å². The second-order valence-corrected chi connectivity index (χ2v) is 4.11. The van der Waals surface area contributed by atoms with E-state index in [1.54, 1.807) is 48.5 Å². The Labute approximate surface area is 110 Å². The Hall–Kier alpha value is -2.36. The quantitative estimate of drug-likeness (QED) is 0.898. The minimum absolute atomic E-state index is 0.184. The van der Waals surface area contributed by atoms with Crippen LogP contribution in [-0.4, -0.2) is 16.9 Å². The summed E-state index contributed by atoms with van der Waals surface area (Å²) >= 11 is 0. The van der Waals surface area contributed by atoms with E-state index in [1.165, 1.54) is 12.1 Å². The summed E-state index contributed by atoms with van der Waals surface area (Å²) in [5, 5.41) is 9.06. The predicted molar refractivity (Wildman–Crippen MR) is 68.7 cm³/mol. The summed E-state index contributed by atoms with van der Waals surface area (Å²) in [5.41, 5.74) is 0.559. The van der Waals surface area contributed by atoms with Crippen LogP contribution in [0, 0.1) is 0 Å². The van der Waals surface area contributed by atoms with Crippen molar-refractivity contribution in [2.75, 3.05) is 0 Å². The van der Waals surface area contributed by atoms with Crippen molar-refractivity contribution in [2.24, 2.45) is 0 Å². The molecular weight excluding hydrogens is 247 g/mol. The fourth-order valence-electron chi connectivity index (χ4n) is 1.69. The maximum atomic E-state index is 14.5. The molecule has 3 nitrogen and oxygen atoms in total. The number of hydrogen-bond donors (Lipinski definition) is 1. The number of carbonyl (C=O) groups is 1. The summed E-state index contributed by atoms with van der Waals surface area (Å²) in [4.78, 5) is 11.1. The molecule has 2 aromatic rings. The van der Waals surface area contributed by atoms with Crippen LogP contribution in [0.25, 0.3) is 0 Å². The van der Waals surface area contributed by atoms with E-state index in [0.29, 0.717) is 5.56 Å². The Morgan fingerprint density at radius 1 is 1.05 bits per heavy atom. The van der Waals surface area contributed by atoms with Crippen molar-refractivity contribution in [1.29, 1.82) is 0 Å². The molecule has 1 unspecified atom stereocenters. The number of alkyl halides is 1. The first-order chi connectivity index (χ1) is 9.10. The number of hydrogen-bond acceptors (Lipinski definition) is 2. The summed E-state index contributed by atoms with van der Waals surface area (Å²) in [6, 6.07) is 16.6. The van der Waals surface area contributed by atoms with E-state index in [4.69, 9.17) is 9.84 Å². The van der Waals surface area contributed by atoms with Crippen molar-refractivity contribution < 1.29 is 19.0 Å². The lowest BCUT2D eigenvalue weighted by Gasteiger charge is -2.22. The van der Waals surface area contributed by atoms with Gasteiger partial charge in [0.15, 0.2) is 0 Å². The third-order valence-electron chi connectivity index (χ3n) is 2.62. The smallest absolute Gasteiger partial charge is 0.382 e. The molecule has 0 aliphatic carbocycles. The van der Waals surface area contributed by atoms with Crippen LogP contribution in [0.5, 0.6) is 5.75 Å². The van der Waals surface area contributed by atoms with Gasteiger partial charge in [0, 0.05) is 0 Å². The summed E-state index contributed by atoms with van der Waals surface area (Å²) in [7, 11) is 0. The van der Waals surface area contributed by atoms with E-state index in [0.717, 1.165) is 0 Å². The van der Waals surface area contributed by atoms with E-state index >= 15 is 0 Å². The second kappa shape index (κ2) is 5.52. The topological polar surface area (TPSA) is 46.5 Å². The highest BCUT2D eigenvalue weighted by atomic mass is 19.2. The molecule has 0 aromatic heterocycles. The highest BCUT2D eigenvalue weighted by Gasteiger charge is 2.41. The highest BCUT2D eigenvalue weighted by Crippen LogP contribution is 2.24. The third-order valence-corrected chi connectivity index (χ3v) is 2.62. The van der Waals surface area contributed by atoms with Crippen molar-refractivity contribution >= 4 is 5.97 Å². The molecule has 0 saturated carbocycles. The second-order valence-electron chi connectivity index (χ2n) is 4.11. The normalized spacial score (nSPS) is 13.5. The number of halogens is 1. The number of para-hydroxylation sites is 1. The minimum atomic E-state index is -2.78. The van der Waals surface area contributed by atoms with Gasteiger partial charge in [-0.25, -0.2) is 4.79 Å². The van der Waals surface area contributed by atoms with Crippen LogP contribution >= 0.6 is 0 Å². The zero-order valence-electron chi connectivity index (χ0n) is 10.1. The van der Waals surface area contributed by atoms with E-state index in [1.807, 2.05) is 0 Å². The van der Waals surface area contributed by atoms with Crippen LogP contribution in [0.4, 0.5) is 4.39 Å². The molecule has 0 radical (unpaired) electrons. The van der Waals surface area contributed by atoms with Gasteiger partial charge in [0.2, 0.25) is 0 Å². The van der Waals surface area contributed by atoms with Gasteiger partial charge in [0.25, 0.3) is 0 Å². The molecule has 0 saturated heterocycles. The van der Waals surface area contributed by atoms with E-state index in [9.17, 15) is 9.18 Å². The van der Waals surface area contributed by atoms with Crippen LogP contribution < -0.4 is 4.74 Å². The lowest BCUT2D eigenvalue weighted by atomic mass is 10.1. The summed E-state index contributed by atoms with van der Waals surface area (Å²) in [6.45, 7) is 0. The van der Waals surface area contributed by atoms with Gasteiger partial charge in [-0.3, -0.25) is 0 Å². The fourth-order valence-corrected chi connectivity index (χ4v) is 1.69. The van der Waals surface area contributed by atoms with Crippen LogP contribution in [0.1, 0.15) is 5.56 Å². The minimum Gasteiger partial charge on any atom is -0.476 e. The molecule has 2 rings (SSSR count). The Kier molecular flexibility index (Phi) is 3.80. The molecule has 0 spiro atoms. The lowest BCUT2D eigenvalue weighted by molar-refractivity contribution is -0.173. The molecule has 2 aromatic carbocycles. The zero-order chi connectivity index (χ0) is 13.7. The van der Waals surface area contributed by atoms with Gasteiger partial charge >= 0.3 is 11.8 Å². The molecule has 0 aliphatic heterocycles. The van der Waals surface area contributed by atoms with Gasteiger partial charge in [-0.05, 0) is 17.7 Å². The summed E-state index contributed by atoms with van der Waals surface area (Å²) < 4.78 is 19.5. The fraction of sp³-hybridized carbons (Fsp3) is 0.133. The Morgan fingerprint density at radius 2 is 1.58 bits per heavy atom. The number of aliphatic carboxylic acids is 1. The maximum absolute atomic E-state index is 14.5. The van der Waals surface area contributed by atoms with Gasteiger partial charge in [-0.15, -0.1) is 0 Å². The monoisotopic (exact) mass is 260 g/mol. The van der Waals surface area contributed by atoms with Gasteiger partial charge < -0.3 is 9.84 Å². The van der Waals surface area contributed by atoms with E-state index in [-0.39, 0.29) is 12.2 Å². The summed E-state index contributed by atoms with van der Waals surface area (Å²) in [6.07, 6.45) is -0.349. The molecule has 1 atom stereocenters. The number of ether oxygens (including phenoxy) is 1. The van der Waals surface area contributed by atoms with Gasteiger partial charge in [0.05, 0.1) is 6.42 Å². The average Bonchev–Trinajstić information content (AvgIpc) is 2.40. The molecule has 98 valence electrons. The van der Waals surface area contributed by atoms with Gasteiger partial charge in [-0.1, -0.05) is 48.5 Å². The number of benzene rings is 2. The van der Waals surface area contributed by atoms with Crippen LogP contribution in [0.2, 0.25) is 0 Å². The first-order valence-electron chi connectivity index (χ1n) is 5.80. The molecular formula is C15H13FO3. The number of carboxylic acid groups (broad SMARTS) is 1. The van der Waals surface area contributed by atoms with Crippen LogP contribution in [0.3, 0.4) is 0 Å². The Bertz CT molecular complexity index is 498. The third kappa shape index (κ3) is 3.31. The largest absolute Gasteiger partial charge is 0.476 e. The lowest BCUT2D eigenvalue weighted by Crippen LogP contribution is -2.42. The number of carboxylic acids is 1. The number of rotatable bonds is 5. The standard InChI is InChI=1S/C15H13FO3/c16-15(14(17)18,11-12-7-3-1-4-8-12)19-13-9-5-2-6-10-13/h1-10H,11H2,(H,17,18). The van der Waals surface area contributed by atoms with Crippen molar-refractivity contribution in [3.05, 3.63) is 66.2 Å². The van der Waals surface area contributed by atoms with E-state index in [2.05, 4.69) is 0 Å². The highest BCUT2D eigenvalue weighted by molar-refractivity contribution is 5.76. The van der Waals surface area contributed by atoms with Crippen molar-refractivity contribution in [1.82, 2.24) is 0 Å². The van der Waals surface area contributed by atoms with Gasteiger partial charge in [0.1, 0.15) is 5.75 Å². The molecule has 0 bridgehead atoms. The van der Waals surface area contributed by atoms with Crippen molar-refractivity contribution in [3.63, 3.8) is 0 Å². The molecule has 19 heavy (non-hydrogen) atoms. The molecule has 0 fully saturated rings. The van der Waals surface area contributed by atoms with Gasteiger partial charge in [-0.2, -0.15) is 4.39 Å². The summed E-state index contributed by atoms with van der Waals surface area (Å²) in [5.74, 6) is -4.23. The zero-order valence-corrected chi connectivity index (χ0v) is 10.1.